The van der Waals surface area contributed by atoms with Gasteiger partial charge in [-0.2, -0.15) is 9.97 Å². The molecule has 2 saturated heterocycles. The van der Waals surface area contributed by atoms with Crippen LogP contribution in [0.1, 0.15) is 33.7 Å². The van der Waals surface area contributed by atoms with E-state index in [-0.39, 0.29) is 11.9 Å². The van der Waals surface area contributed by atoms with Crippen LogP contribution >= 0.6 is 0 Å². The van der Waals surface area contributed by atoms with E-state index in [2.05, 4.69) is 45.6 Å². The lowest BCUT2D eigenvalue weighted by Gasteiger charge is -2.22. The number of hydrogen-bond donors (Lipinski definition) is 2. The lowest BCUT2D eigenvalue weighted by molar-refractivity contribution is -0.122. The first kappa shape index (κ1) is 24.6. The molecule has 1 aromatic heterocycles. The summed E-state index contributed by atoms with van der Waals surface area (Å²) in [6, 6.07) is 9.38. The minimum Gasteiger partial charge on any atom is -0.453 e. The van der Waals surface area contributed by atoms with Crippen LogP contribution in [0.3, 0.4) is 0 Å². The Balaban J connectivity index is 1.28. The summed E-state index contributed by atoms with van der Waals surface area (Å²) in [5.41, 5.74) is 7.60. The predicted octanol–water partition coefficient (Wildman–Crippen LogP) is 1.31. The van der Waals surface area contributed by atoms with E-state index >= 15 is 0 Å². The highest BCUT2D eigenvalue weighted by molar-refractivity contribution is 5.96. The number of imide groups is 1. The normalized spacial score (nSPS) is 19.4. The van der Waals surface area contributed by atoms with Crippen molar-refractivity contribution >= 4 is 17.8 Å². The number of carbonyl (C=O) groups is 3. The molecule has 10 heteroatoms. The lowest BCUT2D eigenvalue weighted by atomic mass is 10.0. The number of ether oxygens (including phenoxy) is 1. The Kier molecular flexibility index (Phi) is 7.60. The standard InChI is InChI=1S/C25H31N6O4/c1-16-22(17(2)28-25(27-16)35-15-21(32)29-24(26)34)23(33)31-13-19-11-30(12-20(19)14-31)10-6-9-18-7-4-3-5-8-18/h3-5,7-9,19-20H,6,10-15H2,1-2H3,(H3,26,29,32,34)/t19-,20?/m0/s1. The number of fused-ring (bicyclic) bond motifs is 1. The molecule has 0 aliphatic carbocycles. The van der Waals surface area contributed by atoms with Crippen LogP contribution in [-0.2, 0) is 4.79 Å². The zero-order chi connectivity index (χ0) is 24.9. The molecule has 4 amide bonds. The summed E-state index contributed by atoms with van der Waals surface area (Å²) in [7, 11) is 0. The number of aromatic nitrogens is 2. The summed E-state index contributed by atoms with van der Waals surface area (Å²) >= 11 is 0. The number of primary amides is 1. The first-order valence-electron chi connectivity index (χ1n) is 11.8. The average Bonchev–Trinajstić information content (AvgIpc) is 3.36. The Morgan fingerprint density at radius 1 is 1.06 bits per heavy atom. The zero-order valence-corrected chi connectivity index (χ0v) is 20.1. The molecule has 0 saturated carbocycles. The second-order valence-electron chi connectivity index (χ2n) is 9.15. The van der Waals surface area contributed by atoms with Crippen LogP contribution in [0.15, 0.2) is 30.3 Å². The molecule has 1 unspecified atom stereocenters. The third kappa shape index (κ3) is 6.13. The fraction of sp³-hybridized carbons (Fsp3) is 0.440. The van der Waals surface area contributed by atoms with E-state index in [0.29, 0.717) is 28.8 Å². The number of amides is 4. The van der Waals surface area contributed by atoms with Crippen LogP contribution in [-0.4, -0.2) is 76.9 Å². The molecule has 1 aromatic carbocycles. The Morgan fingerprint density at radius 3 is 2.29 bits per heavy atom. The minimum atomic E-state index is -0.961. The second-order valence-corrected chi connectivity index (χ2v) is 9.15. The molecule has 3 N–H and O–H groups in total. The van der Waals surface area contributed by atoms with E-state index in [9.17, 15) is 14.4 Å². The fourth-order valence-corrected chi connectivity index (χ4v) is 4.96. The van der Waals surface area contributed by atoms with Crippen LogP contribution < -0.4 is 15.8 Å². The summed E-state index contributed by atoms with van der Waals surface area (Å²) in [4.78, 5) is 48.4. The van der Waals surface area contributed by atoms with E-state index in [0.717, 1.165) is 39.1 Å². The minimum absolute atomic E-state index is 0.0302. The number of rotatable bonds is 8. The Labute approximate surface area is 204 Å². The van der Waals surface area contributed by atoms with Crippen molar-refractivity contribution < 1.29 is 19.1 Å². The summed E-state index contributed by atoms with van der Waals surface area (Å²) in [5.74, 6) is 0.177. The monoisotopic (exact) mass is 479 g/mol. The van der Waals surface area contributed by atoms with E-state index in [4.69, 9.17) is 10.5 Å². The van der Waals surface area contributed by atoms with Gasteiger partial charge in [0.15, 0.2) is 6.61 Å². The number of nitrogens with one attached hydrogen (secondary N) is 1. The lowest BCUT2D eigenvalue weighted by Crippen LogP contribution is -2.38. The maximum absolute atomic E-state index is 13.3. The molecule has 1 radical (unpaired) electrons. The number of aryl methyl sites for hydroxylation is 2. The highest BCUT2D eigenvalue weighted by Crippen LogP contribution is 2.32. The summed E-state index contributed by atoms with van der Waals surface area (Å²) < 4.78 is 5.25. The molecule has 2 aliphatic heterocycles. The predicted molar refractivity (Wildman–Crippen MR) is 129 cm³/mol. The van der Waals surface area contributed by atoms with Gasteiger partial charge in [0.25, 0.3) is 11.8 Å². The van der Waals surface area contributed by atoms with Gasteiger partial charge in [0.2, 0.25) is 0 Å². The second kappa shape index (κ2) is 10.8. The zero-order valence-electron chi connectivity index (χ0n) is 20.1. The average molecular weight is 480 g/mol. The van der Waals surface area contributed by atoms with E-state index < -0.39 is 18.5 Å². The molecular formula is C25H31N6O4. The molecule has 2 aliphatic rings. The van der Waals surface area contributed by atoms with Gasteiger partial charge in [-0.1, -0.05) is 30.3 Å². The maximum atomic E-state index is 13.3. The van der Waals surface area contributed by atoms with Crippen LogP contribution in [0, 0.1) is 32.1 Å². The smallest absolute Gasteiger partial charge is 0.318 e. The van der Waals surface area contributed by atoms with Crippen molar-refractivity contribution in [3.63, 3.8) is 0 Å². The van der Waals surface area contributed by atoms with Gasteiger partial charge in [0.1, 0.15) is 0 Å². The van der Waals surface area contributed by atoms with Gasteiger partial charge in [-0.25, -0.2) is 4.79 Å². The van der Waals surface area contributed by atoms with Crippen molar-refractivity contribution in [2.75, 3.05) is 39.3 Å². The molecule has 2 aromatic rings. The Hall–Kier alpha value is -3.53. The van der Waals surface area contributed by atoms with Gasteiger partial charge >= 0.3 is 12.0 Å². The van der Waals surface area contributed by atoms with Gasteiger partial charge < -0.3 is 20.3 Å². The van der Waals surface area contributed by atoms with Gasteiger partial charge in [-0.3, -0.25) is 14.9 Å². The van der Waals surface area contributed by atoms with Crippen molar-refractivity contribution in [1.82, 2.24) is 25.1 Å². The topological polar surface area (TPSA) is 131 Å². The van der Waals surface area contributed by atoms with E-state index in [1.807, 2.05) is 16.3 Å². The van der Waals surface area contributed by atoms with Crippen molar-refractivity contribution in [3.05, 3.63) is 59.3 Å². The van der Waals surface area contributed by atoms with Crippen molar-refractivity contribution in [1.29, 1.82) is 0 Å². The van der Waals surface area contributed by atoms with Crippen molar-refractivity contribution in [2.24, 2.45) is 17.6 Å². The molecule has 185 valence electrons. The SMILES string of the molecule is Cc1nc(OCC(=O)NC(N)=O)nc(C)c1C(=O)N1CC2CN(CC[CH]c3ccccc3)C[C@H]2C1. The first-order valence-corrected chi connectivity index (χ1v) is 11.8. The molecule has 2 fully saturated rings. The van der Waals surface area contributed by atoms with Gasteiger partial charge in [0.05, 0.1) is 17.0 Å². The maximum Gasteiger partial charge on any atom is 0.318 e. The van der Waals surface area contributed by atoms with Crippen LogP contribution in [0.5, 0.6) is 6.01 Å². The number of nitrogens with two attached hydrogens (primary N) is 1. The molecule has 2 atom stereocenters. The summed E-state index contributed by atoms with van der Waals surface area (Å²) in [6.07, 6.45) is 3.29. The molecule has 4 rings (SSSR count). The third-order valence-electron chi connectivity index (χ3n) is 6.53. The highest BCUT2D eigenvalue weighted by Gasteiger charge is 2.42. The fourth-order valence-electron chi connectivity index (χ4n) is 4.96. The summed E-state index contributed by atoms with van der Waals surface area (Å²) in [5, 5.41) is 1.90. The van der Waals surface area contributed by atoms with Crippen LogP contribution in [0.4, 0.5) is 4.79 Å². The van der Waals surface area contributed by atoms with E-state index in [1.165, 1.54) is 5.56 Å². The number of benzene rings is 1. The molecule has 0 spiro atoms. The number of nitrogens with zero attached hydrogens (tertiary/aromatic N) is 4. The van der Waals surface area contributed by atoms with Crippen LogP contribution in [0.2, 0.25) is 0 Å². The number of urea groups is 1. The van der Waals surface area contributed by atoms with Crippen molar-refractivity contribution in [2.45, 2.75) is 20.3 Å². The Bertz CT molecular complexity index is 1060. The van der Waals surface area contributed by atoms with Gasteiger partial charge in [-0.15, -0.1) is 0 Å². The largest absolute Gasteiger partial charge is 0.453 e. The number of hydrogen-bond acceptors (Lipinski definition) is 7. The van der Waals surface area contributed by atoms with Gasteiger partial charge in [0, 0.05) is 26.2 Å². The molecule has 10 nitrogen and oxygen atoms in total. The van der Waals surface area contributed by atoms with Gasteiger partial charge in [-0.05, 0) is 50.6 Å². The van der Waals surface area contributed by atoms with Crippen molar-refractivity contribution in [3.8, 4) is 6.01 Å². The number of likely N-dealkylation sites (tertiary alicyclic amines) is 2. The third-order valence-corrected chi connectivity index (χ3v) is 6.53. The summed E-state index contributed by atoms with van der Waals surface area (Å²) in [6.45, 7) is 7.49. The highest BCUT2D eigenvalue weighted by atomic mass is 16.5. The van der Waals surface area contributed by atoms with Crippen LogP contribution in [0.25, 0.3) is 0 Å². The molecule has 0 bridgehead atoms. The molecule has 35 heavy (non-hydrogen) atoms. The first-order chi connectivity index (χ1) is 16.8. The quantitative estimate of drug-likeness (QED) is 0.584. The number of carbonyl (C=O) groups excluding carboxylic acids is 3. The molecular weight excluding hydrogens is 448 g/mol. The Morgan fingerprint density at radius 2 is 1.69 bits per heavy atom. The molecule has 3 heterocycles. The van der Waals surface area contributed by atoms with E-state index in [1.54, 1.807) is 13.8 Å².